The van der Waals surface area contributed by atoms with Gasteiger partial charge < -0.3 is 4.57 Å². The third-order valence-corrected chi connectivity index (χ3v) is 9.17. The first-order valence-electron chi connectivity index (χ1n) is 10.1. The number of hydrogen-bond acceptors (Lipinski definition) is 4. The lowest BCUT2D eigenvalue weighted by Crippen LogP contribution is -2.49. The minimum Gasteiger partial charge on any atom is -0.305 e. The van der Waals surface area contributed by atoms with Crippen LogP contribution in [-0.2, 0) is 21.2 Å². The summed E-state index contributed by atoms with van der Waals surface area (Å²) in [5, 5.41) is 0. The number of rotatable bonds is 3. The molecular formula is C22H24N2O3S2. The Hall–Kier alpha value is -1.91. The van der Waals surface area contributed by atoms with E-state index in [1.165, 1.54) is 36.9 Å². The molecule has 0 N–H and O–H groups in total. The van der Waals surface area contributed by atoms with Crippen molar-refractivity contribution in [1.82, 2.24) is 4.57 Å². The topological polar surface area (TPSA) is 68.5 Å². The summed E-state index contributed by atoms with van der Waals surface area (Å²) in [6, 6.07) is 4.99. The number of aromatic nitrogens is 1. The molecule has 29 heavy (non-hydrogen) atoms. The first-order chi connectivity index (χ1) is 13.8. The highest BCUT2D eigenvalue weighted by atomic mass is 32.2. The zero-order chi connectivity index (χ0) is 20.4. The van der Waals surface area contributed by atoms with E-state index >= 15 is 0 Å². The summed E-state index contributed by atoms with van der Waals surface area (Å²) in [7, 11) is -3.30. The monoisotopic (exact) mass is 428 g/mol. The van der Waals surface area contributed by atoms with Crippen molar-refractivity contribution < 1.29 is 13.2 Å². The van der Waals surface area contributed by atoms with Crippen LogP contribution in [0.25, 0.3) is 10.2 Å². The summed E-state index contributed by atoms with van der Waals surface area (Å²) in [6.07, 6.45) is 13.5. The molecule has 6 rings (SSSR count). The molecule has 5 nitrogen and oxygen atoms in total. The molecule has 1 aromatic carbocycles. The van der Waals surface area contributed by atoms with Gasteiger partial charge in [-0.3, -0.25) is 4.79 Å². The number of benzene rings is 1. The number of carbonyl (C=O) groups is 1. The smallest absolute Gasteiger partial charge is 0.254 e. The first kappa shape index (κ1) is 19.1. The van der Waals surface area contributed by atoms with E-state index in [9.17, 15) is 13.2 Å². The van der Waals surface area contributed by atoms with E-state index in [-0.39, 0.29) is 16.2 Å². The molecule has 4 aliphatic carbocycles. The maximum Gasteiger partial charge on any atom is 0.254 e. The van der Waals surface area contributed by atoms with Crippen LogP contribution in [0.5, 0.6) is 0 Å². The van der Waals surface area contributed by atoms with E-state index in [0.717, 1.165) is 29.5 Å². The average Bonchev–Trinajstić information content (AvgIpc) is 2.97. The van der Waals surface area contributed by atoms with Crippen molar-refractivity contribution in [2.24, 2.45) is 28.2 Å². The molecule has 152 valence electrons. The highest BCUT2D eigenvalue weighted by Gasteiger charge is 2.54. The molecule has 4 fully saturated rings. The van der Waals surface area contributed by atoms with Gasteiger partial charge in [0.1, 0.15) is 0 Å². The van der Waals surface area contributed by atoms with Gasteiger partial charge in [0.25, 0.3) is 5.91 Å². The fraction of sp³-hybridized carbons (Fsp3) is 0.545. The minimum atomic E-state index is -3.30. The Morgan fingerprint density at radius 2 is 1.86 bits per heavy atom. The summed E-state index contributed by atoms with van der Waals surface area (Å²) < 4.78 is 26.5. The van der Waals surface area contributed by atoms with E-state index in [2.05, 4.69) is 10.9 Å². The Labute approximate surface area is 174 Å². The zero-order valence-corrected chi connectivity index (χ0v) is 18.1. The third kappa shape index (κ3) is 3.17. The van der Waals surface area contributed by atoms with Crippen LogP contribution in [0.2, 0.25) is 0 Å². The van der Waals surface area contributed by atoms with E-state index < -0.39 is 9.84 Å². The van der Waals surface area contributed by atoms with Crippen molar-refractivity contribution >= 4 is 37.3 Å². The van der Waals surface area contributed by atoms with E-state index in [1.807, 2.05) is 4.57 Å². The van der Waals surface area contributed by atoms with Crippen molar-refractivity contribution in [1.29, 1.82) is 0 Å². The molecule has 0 radical (unpaired) electrons. The minimum absolute atomic E-state index is 0.00253. The molecule has 0 spiro atoms. The molecule has 4 saturated carbocycles. The van der Waals surface area contributed by atoms with E-state index in [1.54, 1.807) is 18.2 Å². The lowest BCUT2D eigenvalue weighted by molar-refractivity contribution is -0.142. The van der Waals surface area contributed by atoms with Crippen LogP contribution in [0.3, 0.4) is 0 Å². The number of nitrogens with zero attached hydrogens (tertiary/aromatic N) is 2. The normalized spacial score (nSPS) is 31.3. The van der Waals surface area contributed by atoms with Crippen LogP contribution < -0.4 is 4.80 Å². The number of hydrogen-bond donors (Lipinski definition) is 0. The van der Waals surface area contributed by atoms with Crippen molar-refractivity contribution in [2.45, 2.75) is 50.0 Å². The Morgan fingerprint density at radius 1 is 1.24 bits per heavy atom. The molecule has 2 aromatic rings. The number of thiazole rings is 1. The van der Waals surface area contributed by atoms with Crippen LogP contribution in [0.4, 0.5) is 0 Å². The third-order valence-electron chi connectivity index (χ3n) is 7.02. The molecule has 0 aliphatic heterocycles. The predicted molar refractivity (Wildman–Crippen MR) is 113 cm³/mol. The van der Waals surface area contributed by atoms with Gasteiger partial charge in [-0.15, -0.1) is 6.42 Å². The quantitative estimate of drug-likeness (QED) is 0.704. The highest BCUT2D eigenvalue weighted by molar-refractivity contribution is 7.90. The second-order valence-corrected chi connectivity index (χ2v) is 12.2. The SMILES string of the molecule is C#CCn1c(=NC(=O)C23CC4CC(CC(C4)C2)C3)sc2cc(S(C)(=O)=O)ccc21. The van der Waals surface area contributed by atoms with Crippen molar-refractivity contribution in [2.75, 3.05) is 6.26 Å². The number of sulfone groups is 1. The molecule has 4 aliphatic rings. The largest absolute Gasteiger partial charge is 0.305 e. The van der Waals surface area contributed by atoms with Crippen molar-refractivity contribution in [3.8, 4) is 12.3 Å². The van der Waals surface area contributed by atoms with Gasteiger partial charge >= 0.3 is 0 Å². The summed E-state index contributed by atoms with van der Waals surface area (Å²) >= 11 is 1.34. The van der Waals surface area contributed by atoms with Crippen molar-refractivity contribution in [3.05, 3.63) is 23.0 Å². The maximum absolute atomic E-state index is 13.4. The van der Waals surface area contributed by atoms with E-state index in [0.29, 0.717) is 29.1 Å². The molecule has 1 heterocycles. The lowest BCUT2D eigenvalue weighted by atomic mass is 9.49. The van der Waals surface area contributed by atoms with Crippen LogP contribution in [-0.4, -0.2) is 25.1 Å². The molecule has 7 heteroatoms. The van der Waals surface area contributed by atoms with Gasteiger partial charge in [0.15, 0.2) is 14.6 Å². The standard InChI is InChI=1S/C22H24N2O3S2/c1-3-6-24-18-5-4-17(29(2,26)27)10-19(18)28-21(24)23-20(25)22-11-14-7-15(12-22)9-16(8-14)13-22/h1,4-5,10,14-16H,6-9,11-13H2,2H3. The van der Waals surface area contributed by atoms with E-state index in [4.69, 9.17) is 6.42 Å². The van der Waals surface area contributed by atoms with Gasteiger partial charge in [-0.05, 0) is 74.5 Å². The van der Waals surface area contributed by atoms with Crippen LogP contribution in [0, 0.1) is 35.5 Å². The van der Waals surface area contributed by atoms with Crippen LogP contribution in [0.15, 0.2) is 28.1 Å². The summed E-state index contributed by atoms with van der Waals surface area (Å²) in [6.45, 7) is 0.297. The summed E-state index contributed by atoms with van der Waals surface area (Å²) in [5.41, 5.74) is 0.522. The predicted octanol–water partition coefficient (Wildman–Crippen LogP) is 3.38. The number of terminal acetylenes is 1. The van der Waals surface area contributed by atoms with Gasteiger partial charge in [-0.1, -0.05) is 17.3 Å². The zero-order valence-electron chi connectivity index (χ0n) is 16.4. The second kappa shape index (κ2) is 6.55. The number of fused-ring (bicyclic) bond motifs is 1. The summed E-state index contributed by atoms with van der Waals surface area (Å²) in [5.74, 6) is 4.67. The number of carbonyl (C=O) groups excluding carboxylic acids is 1. The van der Waals surface area contributed by atoms with Gasteiger partial charge in [-0.2, -0.15) is 4.99 Å². The molecule has 1 amide bonds. The molecular weight excluding hydrogens is 404 g/mol. The number of amides is 1. The fourth-order valence-corrected chi connectivity index (χ4v) is 7.98. The van der Waals surface area contributed by atoms with Crippen LogP contribution in [0.1, 0.15) is 38.5 Å². The fourth-order valence-electron chi connectivity index (χ4n) is 6.19. The Bertz CT molecular complexity index is 1190. The van der Waals surface area contributed by atoms with Gasteiger partial charge in [0.05, 0.1) is 27.1 Å². The second-order valence-electron chi connectivity index (χ2n) is 9.19. The Balaban J connectivity index is 1.60. The molecule has 0 atom stereocenters. The first-order valence-corrected chi connectivity index (χ1v) is 12.8. The molecule has 0 saturated heterocycles. The van der Waals surface area contributed by atoms with Crippen LogP contribution >= 0.6 is 11.3 Å². The molecule has 0 unspecified atom stereocenters. The van der Waals surface area contributed by atoms with Crippen molar-refractivity contribution in [3.63, 3.8) is 0 Å². The Kier molecular flexibility index (Phi) is 4.31. The Morgan fingerprint density at radius 3 is 2.41 bits per heavy atom. The lowest BCUT2D eigenvalue weighted by Gasteiger charge is -2.55. The molecule has 4 bridgehead atoms. The summed E-state index contributed by atoms with van der Waals surface area (Å²) in [4.78, 5) is 18.8. The highest BCUT2D eigenvalue weighted by Crippen LogP contribution is 2.60. The van der Waals surface area contributed by atoms with Gasteiger partial charge in [-0.25, -0.2) is 8.42 Å². The maximum atomic E-state index is 13.4. The van der Waals surface area contributed by atoms with Gasteiger partial charge in [0, 0.05) is 6.26 Å². The van der Waals surface area contributed by atoms with Gasteiger partial charge in [0.2, 0.25) is 0 Å². The molecule has 1 aromatic heterocycles. The average molecular weight is 429 g/mol.